The van der Waals surface area contributed by atoms with Crippen LogP contribution in [0.1, 0.15) is 39.0 Å². The number of rotatable bonds is 2. The Morgan fingerprint density at radius 3 is 2.64 bits per heavy atom. The van der Waals surface area contributed by atoms with Crippen molar-refractivity contribution in [1.29, 1.82) is 0 Å². The molecule has 0 unspecified atom stereocenters. The Hall–Kier alpha value is -0.120. The van der Waals surface area contributed by atoms with Gasteiger partial charge in [-0.1, -0.05) is 26.2 Å². The second kappa shape index (κ2) is 5.10. The van der Waals surface area contributed by atoms with Crippen molar-refractivity contribution in [2.45, 2.75) is 45.1 Å². The van der Waals surface area contributed by atoms with E-state index in [0.29, 0.717) is 0 Å². The fourth-order valence-corrected chi connectivity index (χ4v) is 2.61. The van der Waals surface area contributed by atoms with Gasteiger partial charge in [-0.05, 0) is 19.4 Å². The minimum Gasteiger partial charge on any atom is -0.291 e. The van der Waals surface area contributed by atoms with Crippen molar-refractivity contribution in [2.75, 3.05) is 26.6 Å². The third-order valence-corrected chi connectivity index (χ3v) is 3.57. The summed E-state index contributed by atoms with van der Waals surface area (Å²) in [5.41, 5.74) is 0. The Morgan fingerprint density at radius 2 is 1.93 bits per heavy atom. The van der Waals surface area contributed by atoms with Crippen LogP contribution < -0.4 is 5.32 Å². The lowest BCUT2D eigenvalue weighted by molar-refractivity contribution is 0.0245. The monoisotopic (exact) mass is 197 g/mol. The summed E-state index contributed by atoms with van der Waals surface area (Å²) in [6.45, 7) is 6.75. The van der Waals surface area contributed by atoms with Gasteiger partial charge in [0.25, 0.3) is 0 Å². The summed E-state index contributed by atoms with van der Waals surface area (Å²) >= 11 is 0. The van der Waals surface area contributed by atoms with Crippen LogP contribution in [0.25, 0.3) is 0 Å². The lowest BCUT2D eigenvalue weighted by Gasteiger charge is -2.41. The molecule has 0 amide bonds. The highest BCUT2D eigenvalue weighted by atomic mass is 15.4. The van der Waals surface area contributed by atoms with Crippen LogP contribution in [0.2, 0.25) is 0 Å². The molecule has 14 heavy (non-hydrogen) atoms. The van der Waals surface area contributed by atoms with Crippen LogP contribution in [0.15, 0.2) is 0 Å². The van der Waals surface area contributed by atoms with E-state index in [4.69, 9.17) is 0 Å². The molecule has 0 atom stereocenters. The number of nitrogens with zero attached hydrogens (tertiary/aromatic N) is 2. The Morgan fingerprint density at radius 1 is 1.14 bits per heavy atom. The van der Waals surface area contributed by atoms with E-state index in [1.807, 2.05) is 0 Å². The van der Waals surface area contributed by atoms with Crippen molar-refractivity contribution >= 4 is 0 Å². The van der Waals surface area contributed by atoms with E-state index in [0.717, 1.165) is 25.9 Å². The molecule has 1 aliphatic carbocycles. The van der Waals surface area contributed by atoms with Crippen molar-refractivity contribution in [3.63, 3.8) is 0 Å². The van der Waals surface area contributed by atoms with Gasteiger partial charge >= 0.3 is 0 Å². The predicted octanol–water partition coefficient (Wildman–Crippen LogP) is 1.42. The minimum atomic E-state index is 0.852. The second-order valence-electron chi connectivity index (χ2n) is 4.58. The molecular weight excluding hydrogens is 174 g/mol. The summed E-state index contributed by atoms with van der Waals surface area (Å²) in [7, 11) is 0. The van der Waals surface area contributed by atoms with Crippen LogP contribution in [0, 0.1) is 0 Å². The lowest BCUT2D eigenvalue weighted by Crippen LogP contribution is -2.56. The molecule has 0 aromatic rings. The van der Waals surface area contributed by atoms with Gasteiger partial charge in [-0.15, -0.1) is 0 Å². The van der Waals surface area contributed by atoms with E-state index in [2.05, 4.69) is 22.0 Å². The van der Waals surface area contributed by atoms with Gasteiger partial charge in [0.2, 0.25) is 0 Å². The fourth-order valence-electron chi connectivity index (χ4n) is 2.61. The first kappa shape index (κ1) is 10.4. The number of nitrogens with one attached hydrogen (secondary N) is 1. The molecule has 1 heterocycles. The third kappa shape index (κ3) is 2.47. The zero-order chi connectivity index (χ0) is 9.80. The summed E-state index contributed by atoms with van der Waals surface area (Å²) in [6, 6.07) is 0.852. The highest BCUT2D eigenvalue weighted by molar-refractivity contribution is 4.77. The molecule has 82 valence electrons. The Kier molecular flexibility index (Phi) is 3.79. The molecule has 1 aliphatic heterocycles. The molecule has 0 bridgehead atoms. The molecule has 1 saturated carbocycles. The summed E-state index contributed by atoms with van der Waals surface area (Å²) in [5, 5.41) is 3.48. The van der Waals surface area contributed by atoms with Gasteiger partial charge in [-0.25, -0.2) is 0 Å². The van der Waals surface area contributed by atoms with Gasteiger partial charge in [0.05, 0.1) is 20.0 Å². The van der Waals surface area contributed by atoms with Crippen LogP contribution in [-0.2, 0) is 0 Å². The smallest absolute Gasteiger partial charge is 0.0532 e. The molecule has 0 aromatic heterocycles. The van der Waals surface area contributed by atoms with Crippen LogP contribution in [0.3, 0.4) is 0 Å². The molecule has 3 heteroatoms. The normalized spacial score (nSPS) is 28.1. The Labute approximate surface area is 87.4 Å². The van der Waals surface area contributed by atoms with Gasteiger partial charge in [0, 0.05) is 6.04 Å². The average molecular weight is 197 g/mol. The second-order valence-corrected chi connectivity index (χ2v) is 4.58. The van der Waals surface area contributed by atoms with Crippen LogP contribution in [0.4, 0.5) is 0 Å². The van der Waals surface area contributed by atoms with Crippen molar-refractivity contribution < 1.29 is 0 Å². The zero-order valence-electron chi connectivity index (χ0n) is 9.34. The van der Waals surface area contributed by atoms with Gasteiger partial charge in [-0.2, -0.15) is 0 Å². The maximum atomic E-state index is 3.48. The largest absolute Gasteiger partial charge is 0.291 e. The first-order valence-corrected chi connectivity index (χ1v) is 6.07. The van der Waals surface area contributed by atoms with E-state index < -0.39 is 0 Å². The molecule has 1 saturated heterocycles. The Balaban J connectivity index is 1.83. The summed E-state index contributed by atoms with van der Waals surface area (Å²) in [4.78, 5) is 5.09. The van der Waals surface area contributed by atoms with Gasteiger partial charge in [0.15, 0.2) is 0 Å². The van der Waals surface area contributed by atoms with Crippen molar-refractivity contribution in [3.05, 3.63) is 0 Å². The summed E-state index contributed by atoms with van der Waals surface area (Å²) < 4.78 is 0. The maximum Gasteiger partial charge on any atom is 0.0532 e. The quantitative estimate of drug-likeness (QED) is 0.722. The van der Waals surface area contributed by atoms with Gasteiger partial charge in [0.1, 0.15) is 0 Å². The zero-order valence-corrected chi connectivity index (χ0v) is 9.34. The molecule has 0 aromatic carbocycles. The van der Waals surface area contributed by atoms with E-state index >= 15 is 0 Å². The lowest BCUT2D eigenvalue weighted by atomic mass is 9.94. The first-order chi connectivity index (χ1) is 6.90. The molecule has 0 radical (unpaired) electrons. The predicted molar refractivity (Wildman–Crippen MR) is 58.8 cm³/mol. The molecular formula is C11H23N3. The first-order valence-electron chi connectivity index (χ1n) is 6.07. The third-order valence-electron chi connectivity index (χ3n) is 3.57. The highest BCUT2D eigenvalue weighted by Gasteiger charge is 2.24. The van der Waals surface area contributed by atoms with E-state index in [9.17, 15) is 0 Å². The minimum absolute atomic E-state index is 0.852. The maximum absolute atomic E-state index is 3.48. The van der Waals surface area contributed by atoms with Crippen molar-refractivity contribution in [3.8, 4) is 0 Å². The van der Waals surface area contributed by atoms with Crippen molar-refractivity contribution in [1.82, 2.24) is 15.1 Å². The standard InChI is InChI=1S/C11H23N3/c1-2-13-8-12-9-14(10-13)11-6-4-3-5-7-11/h11-12H,2-10H2,1H3. The average Bonchev–Trinajstić information content (AvgIpc) is 2.30. The molecule has 2 aliphatic rings. The summed E-state index contributed by atoms with van der Waals surface area (Å²) in [5.74, 6) is 0. The highest BCUT2D eigenvalue weighted by Crippen LogP contribution is 2.22. The number of hydrogen-bond donors (Lipinski definition) is 1. The molecule has 2 fully saturated rings. The van der Waals surface area contributed by atoms with Gasteiger partial charge < -0.3 is 0 Å². The van der Waals surface area contributed by atoms with E-state index in [-0.39, 0.29) is 0 Å². The SMILES string of the molecule is CCN1CNCN(C2CCCCC2)C1. The van der Waals surface area contributed by atoms with Gasteiger partial charge in [-0.3, -0.25) is 15.1 Å². The number of hydrogen-bond acceptors (Lipinski definition) is 3. The molecule has 1 N–H and O–H groups in total. The molecule has 0 spiro atoms. The van der Waals surface area contributed by atoms with Crippen LogP contribution in [-0.4, -0.2) is 42.4 Å². The summed E-state index contributed by atoms with van der Waals surface area (Å²) in [6.07, 6.45) is 7.16. The van der Waals surface area contributed by atoms with Crippen LogP contribution in [0.5, 0.6) is 0 Å². The topological polar surface area (TPSA) is 18.5 Å². The van der Waals surface area contributed by atoms with E-state index in [1.165, 1.54) is 38.8 Å². The Bertz CT molecular complexity index is 166. The van der Waals surface area contributed by atoms with Crippen LogP contribution >= 0.6 is 0 Å². The molecule has 2 rings (SSSR count). The van der Waals surface area contributed by atoms with E-state index in [1.54, 1.807) is 0 Å². The fraction of sp³-hybridized carbons (Fsp3) is 1.00. The van der Waals surface area contributed by atoms with Crippen molar-refractivity contribution in [2.24, 2.45) is 0 Å². The molecule has 3 nitrogen and oxygen atoms in total.